The van der Waals surface area contributed by atoms with Crippen LogP contribution in [0.25, 0.3) is 10.9 Å². The summed E-state index contributed by atoms with van der Waals surface area (Å²) in [5.41, 5.74) is 2.73. The van der Waals surface area contributed by atoms with E-state index in [1.807, 2.05) is 25.1 Å². The van der Waals surface area contributed by atoms with Crippen LogP contribution in [-0.4, -0.2) is 24.7 Å². The van der Waals surface area contributed by atoms with Crippen molar-refractivity contribution in [1.29, 1.82) is 0 Å². The number of esters is 1. The third-order valence-electron chi connectivity index (χ3n) is 3.82. The van der Waals surface area contributed by atoms with Gasteiger partial charge in [-0.15, -0.1) is 0 Å². The van der Waals surface area contributed by atoms with Gasteiger partial charge in [-0.05, 0) is 25.0 Å². The van der Waals surface area contributed by atoms with Gasteiger partial charge >= 0.3 is 5.97 Å². The summed E-state index contributed by atoms with van der Waals surface area (Å²) >= 11 is 0. The summed E-state index contributed by atoms with van der Waals surface area (Å²) in [6.45, 7) is 2.57. The van der Waals surface area contributed by atoms with Gasteiger partial charge in [-0.2, -0.15) is 0 Å². The van der Waals surface area contributed by atoms with Gasteiger partial charge in [0, 0.05) is 10.9 Å². The summed E-state index contributed by atoms with van der Waals surface area (Å²) < 4.78 is 10.6. The number of aromatic amines is 1. The van der Waals surface area contributed by atoms with Crippen molar-refractivity contribution < 1.29 is 14.3 Å². The minimum absolute atomic E-state index is 0.226. The van der Waals surface area contributed by atoms with E-state index in [-0.39, 0.29) is 12.4 Å². The fourth-order valence-electron chi connectivity index (χ4n) is 2.85. The molecule has 1 atom stereocenters. The van der Waals surface area contributed by atoms with Crippen molar-refractivity contribution in [3.05, 3.63) is 35.5 Å². The fourth-order valence-corrected chi connectivity index (χ4v) is 2.85. The molecule has 100 valence electrons. The molecule has 0 fully saturated rings. The van der Waals surface area contributed by atoms with E-state index in [0.717, 1.165) is 17.6 Å². The summed E-state index contributed by atoms with van der Waals surface area (Å²) in [7, 11) is 1.40. The van der Waals surface area contributed by atoms with Crippen LogP contribution in [0.4, 0.5) is 0 Å². The van der Waals surface area contributed by atoms with Gasteiger partial charge in [-0.3, -0.25) is 4.79 Å². The highest BCUT2D eigenvalue weighted by atomic mass is 16.5. The highest BCUT2D eigenvalue weighted by Gasteiger charge is 2.38. The number of aromatic nitrogens is 1. The van der Waals surface area contributed by atoms with Gasteiger partial charge in [0.1, 0.15) is 5.60 Å². The van der Waals surface area contributed by atoms with E-state index in [1.165, 1.54) is 18.1 Å². The molecule has 2 aromatic rings. The average molecular weight is 259 g/mol. The molecule has 19 heavy (non-hydrogen) atoms. The quantitative estimate of drug-likeness (QED) is 0.843. The van der Waals surface area contributed by atoms with Gasteiger partial charge in [-0.25, -0.2) is 0 Å². The second kappa shape index (κ2) is 4.38. The lowest BCUT2D eigenvalue weighted by atomic mass is 9.90. The number of H-pyrrole nitrogens is 1. The number of ether oxygens (including phenoxy) is 2. The van der Waals surface area contributed by atoms with E-state index >= 15 is 0 Å². The number of fused-ring (bicyclic) bond motifs is 3. The predicted molar refractivity (Wildman–Crippen MR) is 71.9 cm³/mol. The number of carbonyl (C=O) groups excluding carboxylic acids is 1. The number of benzene rings is 1. The lowest BCUT2D eigenvalue weighted by molar-refractivity contribution is -0.150. The first kappa shape index (κ1) is 12.2. The molecule has 3 rings (SSSR count). The highest BCUT2D eigenvalue weighted by molar-refractivity contribution is 5.85. The summed E-state index contributed by atoms with van der Waals surface area (Å²) in [6.07, 6.45) is 1.10. The van der Waals surface area contributed by atoms with E-state index in [2.05, 4.69) is 11.1 Å². The van der Waals surface area contributed by atoms with Gasteiger partial charge in [0.15, 0.2) is 0 Å². The third kappa shape index (κ3) is 1.92. The standard InChI is InChI=1S/C15H17NO3/c1-15(9-13(17)18-2)14-11(7-8-19-15)10-5-3-4-6-12(10)16-14/h3-6,16H,7-9H2,1-2H3/t15-/m1/s1. The van der Waals surface area contributed by atoms with E-state index in [1.54, 1.807) is 0 Å². The number of carbonyl (C=O) groups is 1. The fraction of sp³-hybridized carbons (Fsp3) is 0.400. The Kier molecular flexibility index (Phi) is 2.82. The number of hydrogen-bond acceptors (Lipinski definition) is 3. The zero-order chi connectivity index (χ0) is 13.5. The molecule has 1 aliphatic heterocycles. The molecular weight excluding hydrogens is 242 g/mol. The van der Waals surface area contributed by atoms with Crippen molar-refractivity contribution in [1.82, 2.24) is 4.98 Å². The Labute approximate surface area is 111 Å². The molecule has 1 aromatic carbocycles. The molecule has 4 heteroatoms. The zero-order valence-corrected chi connectivity index (χ0v) is 11.2. The Hall–Kier alpha value is -1.81. The van der Waals surface area contributed by atoms with Crippen LogP contribution in [0.15, 0.2) is 24.3 Å². The Bertz CT molecular complexity index is 631. The lowest BCUT2D eigenvalue weighted by Crippen LogP contribution is -2.35. The molecule has 0 saturated carbocycles. The molecule has 0 radical (unpaired) electrons. The van der Waals surface area contributed by atoms with Gasteiger partial charge < -0.3 is 14.5 Å². The van der Waals surface area contributed by atoms with Crippen molar-refractivity contribution in [3.8, 4) is 0 Å². The SMILES string of the molecule is COC(=O)C[C@@]1(C)OCCc2c1[nH]c1ccccc21. The van der Waals surface area contributed by atoms with E-state index in [9.17, 15) is 4.79 Å². The maximum absolute atomic E-state index is 11.6. The van der Waals surface area contributed by atoms with E-state index < -0.39 is 5.60 Å². The predicted octanol–water partition coefficient (Wildman–Crippen LogP) is 2.52. The minimum atomic E-state index is -0.625. The topological polar surface area (TPSA) is 51.3 Å². The number of para-hydroxylation sites is 1. The number of rotatable bonds is 2. The molecule has 0 aliphatic carbocycles. The first-order valence-corrected chi connectivity index (χ1v) is 6.45. The number of hydrogen-bond donors (Lipinski definition) is 1. The molecule has 2 heterocycles. The smallest absolute Gasteiger partial charge is 0.308 e. The van der Waals surface area contributed by atoms with Crippen LogP contribution in [0.2, 0.25) is 0 Å². The Morgan fingerprint density at radius 3 is 3.05 bits per heavy atom. The van der Waals surface area contributed by atoms with Crippen LogP contribution < -0.4 is 0 Å². The van der Waals surface area contributed by atoms with Crippen LogP contribution in [0.5, 0.6) is 0 Å². The van der Waals surface area contributed by atoms with Crippen molar-refractivity contribution >= 4 is 16.9 Å². The average Bonchev–Trinajstić information content (AvgIpc) is 2.79. The van der Waals surface area contributed by atoms with Gasteiger partial charge in [0.05, 0.1) is 25.8 Å². The number of methoxy groups -OCH3 is 1. The normalized spacial score (nSPS) is 22.2. The van der Waals surface area contributed by atoms with Crippen LogP contribution in [0, 0.1) is 0 Å². The Morgan fingerprint density at radius 2 is 2.26 bits per heavy atom. The zero-order valence-electron chi connectivity index (χ0n) is 11.2. The molecular formula is C15H17NO3. The maximum atomic E-state index is 11.6. The van der Waals surface area contributed by atoms with Crippen molar-refractivity contribution in [2.24, 2.45) is 0 Å². The molecule has 0 saturated heterocycles. The van der Waals surface area contributed by atoms with Gasteiger partial charge in [0.25, 0.3) is 0 Å². The molecule has 1 aliphatic rings. The largest absolute Gasteiger partial charge is 0.469 e. The van der Waals surface area contributed by atoms with Crippen molar-refractivity contribution in [2.45, 2.75) is 25.4 Å². The molecule has 1 aromatic heterocycles. The maximum Gasteiger partial charge on any atom is 0.308 e. The summed E-state index contributed by atoms with van der Waals surface area (Å²) in [5, 5.41) is 1.22. The third-order valence-corrected chi connectivity index (χ3v) is 3.82. The molecule has 0 bridgehead atoms. The van der Waals surface area contributed by atoms with E-state index in [0.29, 0.717) is 6.61 Å². The first-order chi connectivity index (χ1) is 9.14. The Morgan fingerprint density at radius 1 is 1.47 bits per heavy atom. The van der Waals surface area contributed by atoms with Gasteiger partial charge in [-0.1, -0.05) is 18.2 Å². The second-order valence-corrected chi connectivity index (χ2v) is 5.11. The molecule has 4 nitrogen and oxygen atoms in total. The van der Waals surface area contributed by atoms with Crippen LogP contribution >= 0.6 is 0 Å². The van der Waals surface area contributed by atoms with Crippen molar-refractivity contribution in [2.75, 3.05) is 13.7 Å². The summed E-state index contributed by atoms with van der Waals surface area (Å²) in [4.78, 5) is 15.0. The number of nitrogens with one attached hydrogen (secondary N) is 1. The van der Waals surface area contributed by atoms with Crippen LogP contribution in [0.3, 0.4) is 0 Å². The molecule has 1 N–H and O–H groups in total. The molecule has 0 unspecified atom stereocenters. The summed E-state index contributed by atoms with van der Waals surface area (Å²) in [6, 6.07) is 8.19. The Balaban J connectivity index is 2.11. The lowest BCUT2D eigenvalue weighted by Gasteiger charge is -2.33. The molecule has 0 amide bonds. The van der Waals surface area contributed by atoms with Crippen molar-refractivity contribution in [3.63, 3.8) is 0 Å². The van der Waals surface area contributed by atoms with Gasteiger partial charge in [0.2, 0.25) is 0 Å². The second-order valence-electron chi connectivity index (χ2n) is 5.11. The summed E-state index contributed by atoms with van der Waals surface area (Å²) in [5.74, 6) is -0.256. The van der Waals surface area contributed by atoms with Crippen LogP contribution in [-0.2, 0) is 26.3 Å². The monoisotopic (exact) mass is 259 g/mol. The first-order valence-electron chi connectivity index (χ1n) is 6.45. The minimum Gasteiger partial charge on any atom is -0.469 e. The highest BCUT2D eigenvalue weighted by Crippen LogP contribution is 2.38. The van der Waals surface area contributed by atoms with E-state index in [4.69, 9.17) is 9.47 Å². The molecule has 0 spiro atoms. The van der Waals surface area contributed by atoms with Crippen LogP contribution in [0.1, 0.15) is 24.6 Å².